The molecule has 3 aromatic rings. The van der Waals surface area contributed by atoms with Crippen LogP contribution in [0.25, 0.3) is 22.6 Å². The number of hydrogen-bond acceptors (Lipinski definition) is 2. The third kappa shape index (κ3) is 2.87. The molecule has 1 heterocycles. The molecular weight excluding hydrogens is 369 g/mol. The van der Waals surface area contributed by atoms with Crippen LogP contribution in [-0.4, -0.2) is 16.1 Å². The van der Waals surface area contributed by atoms with Crippen molar-refractivity contribution in [2.75, 3.05) is 0 Å². The Bertz CT molecular complexity index is 1070. The average molecular weight is 384 g/mol. The number of rotatable bonds is 2. The van der Waals surface area contributed by atoms with Crippen LogP contribution in [0.3, 0.4) is 0 Å². The molecule has 26 heavy (non-hydrogen) atoms. The Labute approximate surface area is 160 Å². The van der Waals surface area contributed by atoms with Gasteiger partial charge < -0.3 is 5.11 Å². The van der Waals surface area contributed by atoms with E-state index in [4.69, 9.17) is 28.2 Å². The van der Waals surface area contributed by atoms with Crippen molar-refractivity contribution in [2.24, 2.45) is 0 Å². The van der Waals surface area contributed by atoms with Gasteiger partial charge in [0.1, 0.15) is 0 Å². The Morgan fingerprint density at radius 3 is 2.69 bits per heavy atom. The molecule has 0 amide bonds. The number of para-hydroxylation sites is 1. The summed E-state index contributed by atoms with van der Waals surface area (Å²) in [7, 11) is 0. The summed E-state index contributed by atoms with van der Waals surface area (Å²) in [4.78, 5) is 16.7. The lowest BCUT2D eigenvalue weighted by molar-refractivity contribution is 0.0697. The summed E-state index contributed by atoms with van der Waals surface area (Å²) < 4.78 is 0. The molecule has 1 aliphatic carbocycles. The fraction of sp³-hybridized carbons (Fsp3) is 0.143. The molecule has 0 spiro atoms. The standard InChI is InChI=1S/C21H15Cl2NO2/c22-16-9-4-5-12(19(16)23)11-13-6-3-8-15-18(21(25)26)14-7-1-2-10-17(14)24-20(13)15/h1-2,4-5,7,9-11H,3,6,8H2,(H,25,26)/b13-11+. The quantitative estimate of drug-likeness (QED) is 0.579. The number of allylic oxidation sites excluding steroid dienone is 1. The van der Waals surface area contributed by atoms with Crippen molar-refractivity contribution >= 4 is 51.7 Å². The van der Waals surface area contributed by atoms with Crippen LogP contribution in [0.1, 0.15) is 40.0 Å². The van der Waals surface area contributed by atoms with E-state index in [1.54, 1.807) is 6.07 Å². The topological polar surface area (TPSA) is 50.2 Å². The van der Waals surface area contributed by atoms with Crippen LogP contribution in [-0.2, 0) is 6.42 Å². The predicted octanol–water partition coefficient (Wildman–Crippen LogP) is 6.12. The number of aromatic nitrogens is 1. The lowest BCUT2D eigenvalue weighted by atomic mass is 9.86. The normalized spacial score (nSPS) is 15.2. The first kappa shape index (κ1) is 17.1. The van der Waals surface area contributed by atoms with E-state index in [0.717, 1.165) is 35.2 Å². The van der Waals surface area contributed by atoms with Gasteiger partial charge >= 0.3 is 5.97 Å². The van der Waals surface area contributed by atoms with E-state index in [0.29, 0.717) is 32.9 Å². The Kier molecular flexibility index (Phi) is 4.43. The number of carbonyl (C=O) groups is 1. The second kappa shape index (κ2) is 6.75. The number of carboxylic acid groups (broad SMARTS) is 1. The number of carboxylic acids is 1. The minimum Gasteiger partial charge on any atom is -0.478 e. The monoisotopic (exact) mass is 383 g/mol. The molecule has 0 fully saturated rings. The first-order chi connectivity index (χ1) is 12.6. The van der Waals surface area contributed by atoms with E-state index in [9.17, 15) is 9.90 Å². The number of fused-ring (bicyclic) bond motifs is 2. The number of nitrogens with zero attached hydrogens (tertiary/aromatic N) is 1. The highest BCUT2D eigenvalue weighted by Crippen LogP contribution is 2.37. The molecule has 1 aliphatic rings. The summed E-state index contributed by atoms with van der Waals surface area (Å²) in [6.07, 6.45) is 4.37. The van der Waals surface area contributed by atoms with Crippen LogP contribution in [0.5, 0.6) is 0 Å². The third-order valence-corrected chi connectivity index (χ3v) is 5.53. The van der Waals surface area contributed by atoms with Gasteiger partial charge in [0.2, 0.25) is 0 Å². The Balaban J connectivity index is 1.98. The van der Waals surface area contributed by atoms with Crippen molar-refractivity contribution < 1.29 is 9.90 Å². The highest BCUT2D eigenvalue weighted by molar-refractivity contribution is 6.43. The molecule has 1 aromatic heterocycles. The number of aromatic carboxylic acids is 1. The molecule has 0 aliphatic heterocycles. The first-order valence-corrected chi connectivity index (χ1v) is 9.11. The van der Waals surface area contributed by atoms with Crippen LogP contribution in [0.2, 0.25) is 10.0 Å². The van der Waals surface area contributed by atoms with Crippen LogP contribution >= 0.6 is 23.2 Å². The van der Waals surface area contributed by atoms with Crippen LogP contribution in [0.4, 0.5) is 0 Å². The van der Waals surface area contributed by atoms with Crippen molar-refractivity contribution in [1.29, 1.82) is 0 Å². The summed E-state index contributed by atoms with van der Waals surface area (Å²) in [6.45, 7) is 0. The second-order valence-electron chi connectivity index (χ2n) is 6.30. The minimum atomic E-state index is -0.915. The van der Waals surface area contributed by atoms with Gasteiger partial charge in [-0.2, -0.15) is 0 Å². The molecule has 0 bridgehead atoms. The van der Waals surface area contributed by atoms with Gasteiger partial charge in [0.05, 0.1) is 26.8 Å². The van der Waals surface area contributed by atoms with Crippen molar-refractivity contribution in [3.05, 3.63) is 74.9 Å². The van der Waals surface area contributed by atoms with E-state index in [1.807, 2.05) is 42.5 Å². The Hall–Kier alpha value is -2.36. The molecule has 130 valence electrons. The smallest absolute Gasteiger partial charge is 0.336 e. The largest absolute Gasteiger partial charge is 0.478 e. The molecule has 0 unspecified atom stereocenters. The van der Waals surface area contributed by atoms with E-state index in [-0.39, 0.29) is 0 Å². The summed E-state index contributed by atoms with van der Waals surface area (Å²) in [5, 5.41) is 11.5. The molecular formula is C21H15Cl2NO2. The van der Waals surface area contributed by atoms with Gasteiger partial charge in [-0.15, -0.1) is 0 Å². The van der Waals surface area contributed by atoms with Gasteiger partial charge in [-0.05, 0) is 54.2 Å². The fourth-order valence-corrected chi connectivity index (χ4v) is 3.90. The van der Waals surface area contributed by atoms with Crippen molar-refractivity contribution in [1.82, 2.24) is 4.98 Å². The maximum atomic E-state index is 12.0. The van der Waals surface area contributed by atoms with Gasteiger partial charge in [-0.25, -0.2) is 9.78 Å². The van der Waals surface area contributed by atoms with Gasteiger partial charge in [-0.3, -0.25) is 0 Å². The molecule has 1 N–H and O–H groups in total. The van der Waals surface area contributed by atoms with Crippen molar-refractivity contribution in [3.8, 4) is 0 Å². The molecule has 3 nitrogen and oxygen atoms in total. The molecule has 0 saturated carbocycles. The molecule has 0 atom stereocenters. The lowest BCUT2D eigenvalue weighted by Crippen LogP contribution is -2.13. The third-order valence-electron chi connectivity index (χ3n) is 4.70. The molecule has 0 saturated heterocycles. The highest BCUT2D eigenvalue weighted by atomic mass is 35.5. The minimum absolute atomic E-state index is 0.355. The van der Waals surface area contributed by atoms with Crippen molar-refractivity contribution in [3.63, 3.8) is 0 Å². The van der Waals surface area contributed by atoms with Crippen LogP contribution in [0.15, 0.2) is 42.5 Å². The predicted molar refractivity (Wildman–Crippen MR) is 106 cm³/mol. The summed E-state index contributed by atoms with van der Waals surface area (Å²) >= 11 is 12.4. The first-order valence-electron chi connectivity index (χ1n) is 8.36. The Morgan fingerprint density at radius 1 is 1.08 bits per heavy atom. The number of halogens is 2. The second-order valence-corrected chi connectivity index (χ2v) is 7.09. The number of pyridine rings is 1. The Morgan fingerprint density at radius 2 is 1.88 bits per heavy atom. The van der Waals surface area contributed by atoms with Crippen LogP contribution in [0, 0.1) is 0 Å². The van der Waals surface area contributed by atoms with Gasteiger partial charge in [0.15, 0.2) is 0 Å². The van der Waals surface area contributed by atoms with Crippen molar-refractivity contribution in [2.45, 2.75) is 19.3 Å². The average Bonchev–Trinajstić information content (AvgIpc) is 2.63. The van der Waals surface area contributed by atoms with E-state index in [2.05, 4.69) is 0 Å². The summed E-state index contributed by atoms with van der Waals surface area (Å²) in [6, 6.07) is 12.9. The zero-order valence-corrected chi connectivity index (χ0v) is 15.3. The zero-order valence-electron chi connectivity index (χ0n) is 13.8. The SMILES string of the molecule is O=C(O)c1c2c(nc3ccccc13)/C(=C/c1cccc(Cl)c1Cl)CCC2. The fourth-order valence-electron chi connectivity index (χ4n) is 3.54. The number of hydrogen-bond donors (Lipinski definition) is 1. The maximum absolute atomic E-state index is 12.0. The molecule has 2 aromatic carbocycles. The highest BCUT2D eigenvalue weighted by Gasteiger charge is 2.24. The summed E-state index contributed by atoms with van der Waals surface area (Å²) in [5.74, 6) is -0.915. The van der Waals surface area contributed by atoms with E-state index < -0.39 is 5.97 Å². The van der Waals surface area contributed by atoms with Gasteiger partial charge in [-0.1, -0.05) is 53.5 Å². The molecule has 4 rings (SSSR count). The van der Waals surface area contributed by atoms with E-state index in [1.165, 1.54) is 0 Å². The van der Waals surface area contributed by atoms with E-state index >= 15 is 0 Å². The number of benzene rings is 2. The molecule has 5 heteroatoms. The zero-order chi connectivity index (χ0) is 18.3. The summed E-state index contributed by atoms with van der Waals surface area (Å²) in [5.41, 5.74) is 4.40. The van der Waals surface area contributed by atoms with Gasteiger partial charge in [0, 0.05) is 5.39 Å². The maximum Gasteiger partial charge on any atom is 0.336 e. The van der Waals surface area contributed by atoms with Gasteiger partial charge in [0.25, 0.3) is 0 Å². The lowest BCUT2D eigenvalue weighted by Gasteiger charge is -2.21. The van der Waals surface area contributed by atoms with Crippen LogP contribution < -0.4 is 0 Å². The molecule has 0 radical (unpaired) electrons.